The average molecular weight is 502 g/mol. The third-order valence-electron chi connectivity index (χ3n) is 7.97. The fourth-order valence-electron chi connectivity index (χ4n) is 6.20. The maximum Gasteiger partial charge on any atom is 0.246 e. The molecule has 0 heterocycles. The van der Waals surface area contributed by atoms with Crippen LogP contribution in [0.5, 0.6) is 0 Å². The molecule has 4 aliphatic rings. The van der Waals surface area contributed by atoms with Crippen LogP contribution >= 0.6 is 23.2 Å². The number of rotatable bonds is 6. The van der Waals surface area contributed by atoms with Gasteiger partial charge in [0, 0.05) is 18.5 Å². The van der Waals surface area contributed by atoms with E-state index in [2.05, 4.69) is 5.32 Å². The fraction of sp³-hybridized carbons (Fsp3) is 0.636. The summed E-state index contributed by atoms with van der Waals surface area (Å²) in [5.41, 5.74) is 3.91. The molecule has 2 unspecified atom stereocenters. The van der Waals surface area contributed by atoms with Gasteiger partial charge in [-0.1, -0.05) is 29.3 Å². The van der Waals surface area contributed by atoms with Gasteiger partial charge in [-0.05, 0) is 75.8 Å². The van der Waals surface area contributed by atoms with Crippen molar-refractivity contribution in [1.29, 1.82) is 0 Å². The number of hydrogen-bond donors (Lipinski definition) is 2. The third-order valence-corrected chi connectivity index (χ3v) is 11.0. The summed E-state index contributed by atoms with van der Waals surface area (Å²) in [4.78, 5) is 25.3. The molecular formula is C22H29Cl2N3O4S. The van der Waals surface area contributed by atoms with Crippen LogP contribution in [-0.2, 0) is 19.6 Å². The van der Waals surface area contributed by atoms with Crippen molar-refractivity contribution < 1.29 is 18.0 Å². The first-order valence-electron chi connectivity index (χ1n) is 10.8. The van der Waals surface area contributed by atoms with Crippen molar-refractivity contribution in [2.45, 2.75) is 62.4 Å². The summed E-state index contributed by atoms with van der Waals surface area (Å²) in [6.45, 7) is 3.12. The van der Waals surface area contributed by atoms with Crippen LogP contribution < -0.4 is 11.1 Å². The van der Waals surface area contributed by atoms with E-state index in [0.29, 0.717) is 18.8 Å². The highest BCUT2D eigenvalue weighted by atomic mass is 35.5. The van der Waals surface area contributed by atoms with Crippen molar-refractivity contribution in [3.05, 3.63) is 28.2 Å². The van der Waals surface area contributed by atoms with E-state index in [-0.39, 0.29) is 38.7 Å². The lowest BCUT2D eigenvalue weighted by Crippen LogP contribution is -2.65. The lowest BCUT2D eigenvalue weighted by molar-refractivity contribution is -0.148. The monoisotopic (exact) mass is 501 g/mol. The Balaban J connectivity index is 1.55. The number of hydrogen-bond acceptors (Lipinski definition) is 4. The van der Waals surface area contributed by atoms with Gasteiger partial charge in [0.1, 0.15) is 10.4 Å². The normalized spacial score (nSPS) is 31.7. The fourth-order valence-corrected chi connectivity index (χ4v) is 8.77. The summed E-state index contributed by atoms with van der Waals surface area (Å²) >= 11 is 12.3. The highest BCUT2D eigenvalue weighted by Gasteiger charge is 2.58. The summed E-state index contributed by atoms with van der Waals surface area (Å²) in [5.74, 6) is 0.190. The van der Waals surface area contributed by atoms with Gasteiger partial charge in [-0.3, -0.25) is 9.59 Å². The Labute approximate surface area is 199 Å². The highest BCUT2D eigenvalue weighted by Crippen LogP contribution is 2.60. The second-order valence-electron chi connectivity index (χ2n) is 10.2. The predicted octanol–water partition coefficient (Wildman–Crippen LogP) is 3.19. The molecule has 1 aromatic rings. The van der Waals surface area contributed by atoms with Crippen molar-refractivity contribution in [1.82, 2.24) is 9.62 Å². The lowest BCUT2D eigenvalue weighted by Gasteiger charge is -2.59. The molecule has 0 radical (unpaired) electrons. The Morgan fingerprint density at radius 3 is 2.16 bits per heavy atom. The van der Waals surface area contributed by atoms with Crippen LogP contribution in [0.15, 0.2) is 23.1 Å². The Bertz CT molecular complexity index is 1040. The van der Waals surface area contributed by atoms with E-state index < -0.39 is 26.9 Å². The molecule has 3 N–H and O–H groups in total. The molecule has 4 fully saturated rings. The standard InChI is InChI=1S/C22H29Cl2N3O4S/c1-21(2,27(3)32(30,31)18-15(23)5-4-6-16(18)24)20(29)26-17-13-7-12-8-14(17)11-22(9-12,10-13)19(25)28/h4-6,12-14,17H,7-11H2,1-3H3,(H2,25,28)(H,26,29). The second kappa shape index (κ2) is 7.86. The summed E-state index contributed by atoms with van der Waals surface area (Å²) in [6.07, 6.45) is 4.13. The molecule has 1 aromatic carbocycles. The molecule has 4 saturated carbocycles. The number of nitrogens with zero attached hydrogens (tertiary/aromatic N) is 1. The first kappa shape index (κ1) is 23.8. The van der Waals surface area contributed by atoms with Crippen molar-refractivity contribution in [2.75, 3.05) is 7.05 Å². The minimum absolute atomic E-state index is 0.00153. The third kappa shape index (κ3) is 3.63. The maximum absolute atomic E-state index is 13.4. The van der Waals surface area contributed by atoms with Crippen molar-refractivity contribution >= 4 is 45.0 Å². The summed E-state index contributed by atoms with van der Waals surface area (Å²) in [7, 11) is -2.78. The van der Waals surface area contributed by atoms with Crippen molar-refractivity contribution in [2.24, 2.45) is 28.9 Å². The number of benzene rings is 1. The molecule has 176 valence electrons. The first-order chi connectivity index (χ1) is 14.8. The minimum atomic E-state index is -4.14. The number of nitrogens with two attached hydrogens (primary N) is 1. The SMILES string of the molecule is CN(C(C)(C)C(=O)NC1C2CC3CC1CC(C(N)=O)(C3)C2)S(=O)(=O)c1c(Cl)cccc1Cl. The zero-order chi connectivity index (χ0) is 23.6. The van der Waals surface area contributed by atoms with Gasteiger partial charge in [0.2, 0.25) is 21.8 Å². The zero-order valence-electron chi connectivity index (χ0n) is 18.4. The van der Waals surface area contributed by atoms with Crippen LogP contribution in [0.1, 0.15) is 46.0 Å². The Morgan fingerprint density at radius 2 is 1.66 bits per heavy atom. The number of carbonyl (C=O) groups excluding carboxylic acids is 2. The number of sulfonamides is 1. The number of likely N-dealkylation sites (N-methyl/N-ethyl adjacent to an activating group) is 1. The van der Waals surface area contributed by atoms with E-state index in [1.54, 1.807) is 19.9 Å². The van der Waals surface area contributed by atoms with Gasteiger partial charge in [-0.25, -0.2) is 8.42 Å². The molecule has 0 saturated heterocycles. The van der Waals surface area contributed by atoms with Gasteiger partial charge in [-0.15, -0.1) is 0 Å². The summed E-state index contributed by atoms with van der Waals surface area (Å²) < 4.78 is 27.6. The molecule has 0 spiro atoms. The molecule has 10 heteroatoms. The van der Waals surface area contributed by atoms with Gasteiger partial charge >= 0.3 is 0 Å². The van der Waals surface area contributed by atoms with Crippen LogP contribution in [0.25, 0.3) is 0 Å². The highest BCUT2D eigenvalue weighted by molar-refractivity contribution is 7.89. The summed E-state index contributed by atoms with van der Waals surface area (Å²) in [6, 6.07) is 4.37. The summed E-state index contributed by atoms with van der Waals surface area (Å²) in [5, 5.41) is 3.13. The molecule has 2 amide bonds. The van der Waals surface area contributed by atoms with Crippen LogP contribution in [-0.4, -0.2) is 43.2 Å². The smallest absolute Gasteiger partial charge is 0.246 e. The number of amides is 2. The van der Waals surface area contributed by atoms with E-state index in [9.17, 15) is 18.0 Å². The van der Waals surface area contributed by atoms with Crippen LogP contribution in [0, 0.1) is 23.2 Å². The minimum Gasteiger partial charge on any atom is -0.369 e. The quantitative estimate of drug-likeness (QED) is 0.623. The van der Waals surface area contributed by atoms with E-state index in [0.717, 1.165) is 23.6 Å². The van der Waals surface area contributed by atoms with Crippen LogP contribution in [0.4, 0.5) is 0 Å². The van der Waals surface area contributed by atoms with E-state index in [1.807, 2.05) is 0 Å². The molecule has 4 aliphatic carbocycles. The zero-order valence-corrected chi connectivity index (χ0v) is 20.7. The molecule has 0 aromatic heterocycles. The van der Waals surface area contributed by atoms with Crippen molar-refractivity contribution in [3.8, 4) is 0 Å². The van der Waals surface area contributed by atoms with Gasteiger partial charge in [0.05, 0.1) is 10.0 Å². The van der Waals surface area contributed by atoms with E-state index in [1.165, 1.54) is 19.2 Å². The lowest BCUT2D eigenvalue weighted by atomic mass is 9.47. The van der Waals surface area contributed by atoms with E-state index in [4.69, 9.17) is 28.9 Å². The van der Waals surface area contributed by atoms with Gasteiger partial charge in [0.15, 0.2) is 0 Å². The van der Waals surface area contributed by atoms with Crippen LogP contribution in [0.3, 0.4) is 0 Å². The number of nitrogens with one attached hydrogen (secondary N) is 1. The Morgan fingerprint density at radius 1 is 1.12 bits per heavy atom. The van der Waals surface area contributed by atoms with E-state index >= 15 is 0 Å². The molecule has 4 bridgehead atoms. The molecule has 32 heavy (non-hydrogen) atoms. The molecule has 5 rings (SSSR count). The van der Waals surface area contributed by atoms with Gasteiger partial charge in [0.25, 0.3) is 0 Å². The molecule has 2 atom stereocenters. The second-order valence-corrected chi connectivity index (χ2v) is 12.9. The largest absolute Gasteiger partial charge is 0.369 e. The predicted molar refractivity (Wildman–Crippen MR) is 123 cm³/mol. The molecular weight excluding hydrogens is 473 g/mol. The molecule has 0 aliphatic heterocycles. The maximum atomic E-state index is 13.4. The Kier molecular flexibility index (Phi) is 5.84. The van der Waals surface area contributed by atoms with Gasteiger partial charge in [-0.2, -0.15) is 4.31 Å². The molecule has 7 nitrogen and oxygen atoms in total. The number of carbonyl (C=O) groups is 2. The topological polar surface area (TPSA) is 110 Å². The van der Waals surface area contributed by atoms with Gasteiger partial charge < -0.3 is 11.1 Å². The first-order valence-corrected chi connectivity index (χ1v) is 13.0. The van der Waals surface area contributed by atoms with Crippen molar-refractivity contribution in [3.63, 3.8) is 0 Å². The average Bonchev–Trinajstić information content (AvgIpc) is 2.69. The van der Waals surface area contributed by atoms with Crippen LogP contribution in [0.2, 0.25) is 10.0 Å². The number of halogens is 2. The Hall–Kier alpha value is -1.35. The number of primary amides is 1.